The first kappa shape index (κ1) is 17.0. The standard InChI is InChI=1S/C15H27N3O4/c1-3-18(10-14(19)20)12-7-11(8-12)16-15(21)17(2)9-13-5-4-6-22-13/h11-13H,3-10H2,1-2H3,(H,16,21)(H,19,20)/t11?,12?,13-/m1/s1. The van der Waals surface area contributed by atoms with Crippen molar-refractivity contribution in [3.8, 4) is 0 Å². The lowest BCUT2D eigenvalue weighted by Gasteiger charge is -2.42. The van der Waals surface area contributed by atoms with Gasteiger partial charge in [-0.3, -0.25) is 9.69 Å². The third-order valence-corrected chi connectivity index (χ3v) is 4.55. The van der Waals surface area contributed by atoms with Gasteiger partial charge in [0.2, 0.25) is 0 Å². The number of rotatable bonds is 7. The van der Waals surface area contributed by atoms with Crippen LogP contribution in [-0.2, 0) is 9.53 Å². The molecule has 126 valence electrons. The molecule has 2 aliphatic rings. The molecule has 1 aliphatic carbocycles. The Kier molecular flexibility index (Phi) is 6.02. The van der Waals surface area contributed by atoms with E-state index in [2.05, 4.69) is 5.32 Å². The highest BCUT2D eigenvalue weighted by molar-refractivity contribution is 5.74. The molecule has 0 spiro atoms. The highest BCUT2D eigenvalue weighted by Gasteiger charge is 2.35. The Morgan fingerprint density at radius 3 is 2.64 bits per heavy atom. The lowest BCUT2D eigenvalue weighted by atomic mass is 9.85. The number of hydrogen-bond acceptors (Lipinski definition) is 4. The van der Waals surface area contributed by atoms with Gasteiger partial charge in [0.25, 0.3) is 0 Å². The van der Waals surface area contributed by atoms with E-state index >= 15 is 0 Å². The van der Waals surface area contributed by atoms with Gasteiger partial charge >= 0.3 is 12.0 Å². The van der Waals surface area contributed by atoms with Crippen LogP contribution < -0.4 is 5.32 Å². The fraction of sp³-hybridized carbons (Fsp3) is 0.867. The number of aliphatic carboxylic acids is 1. The lowest BCUT2D eigenvalue weighted by Crippen LogP contribution is -2.56. The van der Waals surface area contributed by atoms with E-state index in [1.807, 2.05) is 11.8 Å². The van der Waals surface area contributed by atoms with Crippen molar-refractivity contribution in [1.29, 1.82) is 0 Å². The molecular weight excluding hydrogens is 286 g/mol. The number of hydrogen-bond donors (Lipinski definition) is 2. The van der Waals surface area contributed by atoms with Gasteiger partial charge in [-0.1, -0.05) is 6.92 Å². The van der Waals surface area contributed by atoms with E-state index in [9.17, 15) is 9.59 Å². The summed E-state index contributed by atoms with van der Waals surface area (Å²) >= 11 is 0. The van der Waals surface area contributed by atoms with Crippen LogP contribution in [0, 0.1) is 0 Å². The van der Waals surface area contributed by atoms with Crippen molar-refractivity contribution in [3.05, 3.63) is 0 Å². The Balaban J connectivity index is 1.67. The maximum Gasteiger partial charge on any atom is 0.317 e. The molecule has 22 heavy (non-hydrogen) atoms. The molecule has 1 heterocycles. The van der Waals surface area contributed by atoms with Gasteiger partial charge in [0.15, 0.2) is 0 Å². The monoisotopic (exact) mass is 313 g/mol. The predicted octanol–water partition coefficient (Wildman–Crippen LogP) is 0.744. The normalized spacial score (nSPS) is 27.5. The molecule has 2 N–H and O–H groups in total. The number of amides is 2. The van der Waals surface area contributed by atoms with Crippen molar-refractivity contribution in [1.82, 2.24) is 15.1 Å². The van der Waals surface area contributed by atoms with Crippen molar-refractivity contribution in [2.45, 2.75) is 50.8 Å². The second-order valence-electron chi connectivity index (χ2n) is 6.24. The first-order chi connectivity index (χ1) is 10.5. The first-order valence-electron chi connectivity index (χ1n) is 8.08. The molecule has 0 aromatic carbocycles. The summed E-state index contributed by atoms with van der Waals surface area (Å²) in [7, 11) is 1.79. The predicted molar refractivity (Wildman–Crippen MR) is 81.8 cm³/mol. The van der Waals surface area contributed by atoms with Crippen LogP contribution >= 0.6 is 0 Å². The molecule has 1 saturated carbocycles. The van der Waals surface area contributed by atoms with Gasteiger partial charge in [-0.05, 0) is 32.2 Å². The minimum absolute atomic E-state index is 0.0692. The van der Waals surface area contributed by atoms with Gasteiger partial charge in [0.05, 0.1) is 12.6 Å². The Labute approximate surface area is 131 Å². The number of nitrogens with zero attached hydrogens (tertiary/aromatic N) is 2. The maximum absolute atomic E-state index is 12.1. The topological polar surface area (TPSA) is 82.1 Å². The van der Waals surface area contributed by atoms with Crippen LogP contribution in [0.25, 0.3) is 0 Å². The van der Waals surface area contributed by atoms with Crippen LogP contribution in [0.2, 0.25) is 0 Å². The summed E-state index contributed by atoms with van der Waals surface area (Å²) in [5.74, 6) is -0.800. The van der Waals surface area contributed by atoms with Crippen molar-refractivity contribution < 1.29 is 19.4 Å². The molecule has 0 unspecified atom stereocenters. The van der Waals surface area contributed by atoms with Crippen LogP contribution in [0.1, 0.15) is 32.6 Å². The minimum atomic E-state index is -0.800. The zero-order valence-corrected chi connectivity index (χ0v) is 13.5. The largest absolute Gasteiger partial charge is 0.480 e. The number of ether oxygens (including phenoxy) is 1. The van der Waals surface area contributed by atoms with E-state index < -0.39 is 5.97 Å². The molecule has 0 radical (unpaired) electrons. The molecule has 2 rings (SSSR count). The summed E-state index contributed by atoms with van der Waals surface area (Å²) in [5.41, 5.74) is 0. The van der Waals surface area contributed by atoms with Gasteiger partial charge in [-0.2, -0.15) is 0 Å². The van der Waals surface area contributed by atoms with Crippen LogP contribution in [0.4, 0.5) is 4.79 Å². The number of likely N-dealkylation sites (N-methyl/N-ethyl adjacent to an activating group) is 2. The molecule has 1 atom stereocenters. The summed E-state index contributed by atoms with van der Waals surface area (Å²) in [6.07, 6.45) is 3.89. The Bertz CT molecular complexity index is 392. The van der Waals surface area contributed by atoms with Crippen molar-refractivity contribution in [3.63, 3.8) is 0 Å². The third-order valence-electron chi connectivity index (χ3n) is 4.55. The average Bonchev–Trinajstić information content (AvgIpc) is 2.92. The van der Waals surface area contributed by atoms with Crippen molar-refractivity contribution in [2.24, 2.45) is 0 Å². The van der Waals surface area contributed by atoms with E-state index in [1.54, 1.807) is 11.9 Å². The maximum atomic E-state index is 12.1. The van der Waals surface area contributed by atoms with Crippen LogP contribution in [0.5, 0.6) is 0 Å². The van der Waals surface area contributed by atoms with Crippen molar-refractivity contribution in [2.75, 3.05) is 33.3 Å². The summed E-state index contributed by atoms with van der Waals surface area (Å²) in [6.45, 7) is 4.17. The summed E-state index contributed by atoms with van der Waals surface area (Å²) in [5, 5.41) is 11.9. The molecule has 0 aromatic heterocycles. The Morgan fingerprint density at radius 2 is 2.09 bits per heavy atom. The Morgan fingerprint density at radius 1 is 1.36 bits per heavy atom. The van der Waals surface area contributed by atoms with Gasteiger partial charge in [0, 0.05) is 32.3 Å². The second kappa shape index (κ2) is 7.78. The molecule has 1 saturated heterocycles. The fourth-order valence-electron chi connectivity index (χ4n) is 3.14. The smallest absolute Gasteiger partial charge is 0.317 e. The van der Waals surface area contributed by atoms with Crippen LogP contribution in [-0.4, -0.2) is 78.4 Å². The number of carbonyl (C=O) groups is 2. The first-order valence-corrected chi connectivity index (χ1v) is 8.08. The molecule has 0 bridgehead atoms. The molecule has 1 aliphatic heterocycles. The molecule has 2 fully saturated rings. The number of carbonyl (C=O) groups excluding carboxylic acids is 1. The van der Waals surface area contributed by atoms with Crippen LogP contribution in [0.3, 0.4) is 0 Å². The summed E-state index contributed by atoms with van der Waals surface area (Å²) < 4.78 is 5.54. The van der Waals surface area contributed by atoms with Gasteiger partial charge in [-0.15, -0.1) is 0 Å². The zero-order valence-electron chi connectivity index (χ0n) is 13.5. The summed E-state index contributed by atoms with van der Waals surface area (Å²) in [4.78, 5) is 26.5. The molecule has 7 nitrogen and oxygen atoms in total. The molecule has 7 heteroatoms. The highest BCUT2D eigenvalue weighted by atomic mass is 16.5. The van der Waals surface area contributed by atoms with E-state index in [4.69, 9.17) is 9.84 Å². The second-order valence-corrected chi connectivity index (χ2v) is 6.24. The number of urea groups is 1. The number of carboxylic acids is 1. The molecule has 0 aromatic rings. The van der Waals surface area contributed by atoms with E-state index in [0.29, 0.717) is 6.54 Å². The summed E-state index contributed by atoms with van der Waals surface area (Å²) in [6, 6.07) is 0.336. The van der Waals surface area contributed by atoms with Gasteiger partial charge < -0.3 is 20.1 Å². The lowest BCUT2D eigenvalue weighted by molar-refractivity contribution is -0.139. The highest BCUT2D eigenvalue weighted by Crippen LogP contribution is 2.25. The fourth-order valence-corrected chi connectivity index (χ4v) is 3.14. The SMILES string of the molecule is CCN(CC(=O)O)C1CC(NC(=O)N(C)C[C@H]2CCCO2)C1. The van der Waals surface area contributed by atoms with E-state index in [-0.39, 0.29) is 30.8 Å². The van der Waals surface area contributed by atoms with Crippen molar-refractivity contribution >= 4 is 12.0 Å². The van der Waals surface area contributed by atoms with Crippen LogP contribution in [0.15, 0.2) is 0 Å². The number of carboxylic acid groups (broad SMARTS) is 1. The number of nitrogens with one attached hydrogen (secondary N) is 1. The minimum Gasteiger partial charge on any atom is -0.480 e. The van der Waals surface area contributed by atoms with E-state index in [0.717, 1.165) is 38.8 Å². The Hall–Kier alpha value is -1.34. The quantitative estimate of drug-likeness (QED) is 0.724. The van der Waals surface area contributed by atoms with Gasteiger partial charge in [-0.25, -0.2) is 4.79 Å². The van der Waals surface area contributed by atoms with Gasteiger partial charge in [0.1, 0.15) is 0 Å². The molecule has 2 amide bonds. The average molecular weight is 313 g/mol. The van der Waals surface area contributed by atoms with E-state index in [1.165, 1.54) is 0 Å². The third kappa shape index (κ3) is 4.58. The zero-order chi connectivity index (χ0) is 16.1. The molecular formula is C15H27N3O4.